The number of benzene rings is 2. The van der Waals surface area contributed by atoms with E-state index in [1.807, 2.05) is 55.5 Å². The molecule has 104 valence electrons. The number of urea groups is 1. The van der Waals surface area contributed by atoms with E-state index in [1.165, 1.54) is 0 Å². The van der Waals surface area contributed by atoms with Gasteiger partial charge in [0.1, 0.15) is 0 Å². The van der Waals surface area contributed by atoms with Crippen LogP contribution in [0.4, 0.5) is 10.5 Å². The largest absolute Gasteiger partial charge is 0.323 e. The van der Waals surface area contributed by atoms with Crippen LogP contribution in [0.2, 0.25) is 5.02 Å². The Hall–Kier alpha value is -2.00. The number of rotatable bonds is 3. The zero-order valence-electron chi connectivity index (χ0n) is 11.6. The molecule has 0 unspecified atom stereocenters. The maximum absolute atomic E-state index is 12.1. The lowest BCUT2D eigenvalue weighted by Crippen LogP contribution is -2.30. The molecule has 2 aromatic carbocycles. The number of carbonyl (C=O) groups excluding carboxylic acids is 1. The average molecular weight is 289 g/mol. The van der Waals surface area contributed by atoms with Crippen molar-refractivity contribution in [2.75, 3.05) is 12.4 Å². The maximum Gasteiger partial charge on any atom is 0.321 e. The van der Waals surface area contributed by atoms with Crippen LogP contribution in [0.15, 0.2) is 48.5 Å². The van der Waals surface area contributed by atoms with Crippen LogP contribution in [0.25, 0.3) is 0 Å². The first-order chi connectivity index (χ1) is 9.56. The Balaban J connectivity index is 2.01. The molecule has 0 aliphatic rings. The van der Waals surface area contributed by atoms with E-state index < -0.39 is 0 Å². The van der Waals surface area contributed by atoms with Crippen LogP contribution < -0.4 is 5.32 Å². The Morgan fingerprint density at radius 2 is 1.95 bits per heavy atom. The van der Waals surface area contributed by atoms with Crippen LogP contribution >= 0.6 is 11.6 Å². The molecule has 0 aliphatic carbocycles. The molecule has 2 rings (SSSR count). The summed E-state index contributed by atoms with van der Waals surface area (Å²) in [5.41, 5.74) is 2.83. The fourth-order valence-electron chi connectivity index (χ4n) is 1.90. The summed E-state index contributed by atoms with van der Waals surface area (Å²) in [6.45, 7) is 2.46. The number of amides is 2. The van der Waals surface area contributed by atoms with Crippen LogP contribution in [0.5, 0.6) is 0 Å². The number of hydrogen-bond acceptors (Lipinski definition) is 1. The second kappa shape index (κ2) is 6.44. The Bertz CT molecular complexity index is 613. The van der Waals surface area contributed by atoms with Gasteiger partial charge in [0.05, 0.1) is 0 Å². The number of nitrogens with zero attached hydrogens (tertiary/aromatic N) is 1. The predicted molar refractivity (Wildman–Crippen MR) is 83.1 cm³/mol. The molecular weight excluding hydrogens is 272 g/mol. The summed E-state index contributed by atoms with van der Waals surface area (Å²) in [6, 6.07) is 15.1. The molecule has 4 heteroatoms. The van der Waals surface area contributed by atoms with Crippen molar-refractivity contribution in [2.45, 2.75) is 13.5 Å². The van der Waals surface area contributed by atoms with Gasteiger partial charge in [0.2, 0.25) is 0 Å². The van der Waals surface area contributed by atoms with E-state index in [4.69, 9.17) is 11.6 Å². The molecule has 20 heavy (non-hydrogen) atoms. The van der Waals surface area contributed by atoms with Crippen LogP contribution in [0, 0.1) is 6.92 Å². The number of aryl methyl sites for hydroxylation is 1. The first kappa shape index (κ1) is 14.4. The first-order valence-electron chi connectivity index (χ1n) is 6.38. The van der Waals surface area contributed by atoms with Crippen molar-refractivity contribution in [3.05, 3.63) is 64.7 Å². The molecule has 2 amide bonds. The minimum Gasteiger partial charge on any atom is -0.323 e. The Morgan fingerprint density at radius 1 is 1.20 bits per heavy atom. The second-order valence-corrected chi connectivity index (χ2v) is 5.15. The average Bonchev–Trinajstić information content (AvgIpc) is 2.41. The van der Waals surface area contributed by atoms with Gasteiger partial charge in [-0.25, -0.2) is 4.79 Å². The molecule has 0 aromatic heterocycles. The smallest absolute Gasteiger partial charge is 0.321 e. The minimum atomic E-state index is -0.157. The monoisotopic (exact) mass is 288 g/mol. The first-order valence-corrected chi connectivity index (χ1v) is 6.76. The highest BCUT2D eigenvalue weighted by atomic mass is 35.5. The molecule has 0 bridgehead atoms. The van der Waals surface area contributed by atoms with E-state index in [2.05, 4.69) is 5.32 Å². The maximum atomic E-state index is 12.1. The second-order valence-electron chi connectivity index (χ2n) is 4.75. The van der Waals surface area contributed by atoms with Crippen LogP contribution in [0.1, 0.15) is 11.1 Å². The molecule has 1 N–H and O–H groups in total. The van der Waals surface area contributed by atoms with Gasteiger partial charge in [-0.2, -0.15) is 0 Å². The summed E-state index contributed by atoms with van der Waals surface area (Å²) < 4.78 is 0. The molecule has 0 spiro atoms. The lowest BCUT2D eigenvalue weighted by atomic mass is 10.2. The zero-order valence-corrected chi connectivity index (χ0v) is 12.3. The number of carbonyl (C=O) groups is 1. The van der Waals surface area contributed by atoms with E-state index in [1.54, 1.807) is 11.9 Å². The molecule has 0 radical (unpaired) electrons. The highest BCUT2D eigenvalue weighted by molar-refractivity contribution is 6.31. The molecule has 0 aliphatic heterocycles. The number of halogens is 1. The topological polar surface area (TPSA) is 32.3 Å². The molecule has 0 heterocycles. The third-order valence-corrected chi connectivity index (χ3v) is 3.35. The zero-order chi connectivity index (χ0) is 14.5. The van der Waals surface area contributed by atoms with E-state index in [0.29, 0.717) is 11.6 Å². The molecule has 2 aromatic rings. The van der Waals surface area contributed by atoms with Crippen molar-refractivity contribution in [2.24, 2.45) is 0 Å². The van der Waals surface area contributed by atoms with E-state index >= 15 is 0 Å². The van der Waals surface area contributed by atoms with Crippen LogP contribution in [-0.4, -0.2) is 18.0 Å². The normalized spacial score (nSPS) is 10.2. The van der Waals surface area contributed by atoms with Crippen molar-refractivity contribution in [3.63, 3.8) is 0 Å². The minimum absolute atomic E-state index is 0.157. The van der Waals surface area contributed by atoms with Gasteiger partial charge in [-0.05, 0) is 36.2 Å². The third kappa shape index (κ3) is 3.75. The fourth-order valence-corrected chi connectivity index (χ4v) is 2.09. The van der Waals surface area contributed by atoms with Gasteiger partial charge < -0.3 is 10.2 Å². The third-order valence-electron chi connectivity index (χ3n) is 2.98. The lowest BCUT2D eigenvalue weighted by molar-refractivity contribution is 0.220. The van der Waals surface area contributed by atoms with Crippen molar-refractivity contribution in [1.29, 1.82) is 0 Å². The molecule has 0 saturated heterocycles. The van der Waals surface area contributed by atoms with Gasteiger partial charge in [-0.1, -0.05) is 41.9 Å². The number of nitrogens with one attached hydrogen (secondary N) is 1. The summed E-state index contributed by atoms with van der Waals surface area (Å²) in [4.78, 5) is 13.7. The quantitative estimate of drug-likeness (QED) is 0.896. The summed E-state index contributed by atoms with van der Waals surface area (Å²) in [6.07, 6.45) is 0. The van der Waals surface area contributed by atoms with Crippen molar-refractivity contribution < 1.29 is 4.79 Å². The molecule has 0 saturated carbocycles. The Labute approximate surface area is 124 Å². The van der Waals surface area contributed by atoms with E-state index in [9.17, 15) is 4.79 Å². The highest BCUT2D eigenvalue weighted by Crippen LogP contribution is 2.17. The van der Waals surface area contributed by atoms with Crippen LogP contribution in [0.3, 0.4) is 0 Å². The number of hydrogen-bond donors (Lipinski definition) is 1. The van der Waals surface area contributed by atoms with Gasteiger partial charge in [-0.15, -0.1) is 0 Å². The summed E-state index contributed by atoms with van der Waals surface area (Å²) in [7, 11) is 1.74. The van der Waals surface area contributed by atoms with Gasteiger partial charge in [0, 0.05) is 24.3 Å². The van der Waals surface area contributed by atoms with E-state index in [0.717, 1.165) is 16.8 Å². The van der Waals surface area contributed by atoms with Crippen molar-refractivity contribution >= 4 is 23.3 Å². The molecule has 3 nitrogen and oxygen atoms in total. The molecule has 0 fully saturated rings. The van der Waals surface area contributed by atoms with Crippen molar-refractivity contribution in [3.8, 4) is 0 Å². The van der Waals surface area contributed by atoms with Gasteiger partial charge in [0.25, 0.3) is 0 Å². The Kier molecular flexibility index (Phi) is 4.64. The van der Waals surface area contributed by atoms with Gasteiger partial charge >= 0.3 is 6.03 Å². The highest BCUT2D eigenvalue weighted by Gasteiger charge is 2.10. The molecular formula is C16H17ClN2O. The standard InChI is InChI=1S/C16H17ClN2O/c1-12-6-5-8-14(10-12)18-16(20)19(2)11-13-7-3-4-9-15(13)17/h3-10H,11H2,1-2H3,(H,18,20). The molecule has 0 atom stereocenters. The number of anilines is 1. The van der Waals surface area contributed by atoms with Gasteiger partial charge in [0.15, 0.2) is 0 Å². The van der Waals surface area contributed by atoms with Crippen molar-refractivity contribution in [1.82, 2.24) is 4.90 Å². The lowest BCUT2D eigenvalue weighted by Gasteiger charge is -2.19. The SMILES string of the molecule is Cc1cccc(NC(=O)N(C)Cc2ccccc2Cl)c1. The Morgan fingerprint density at radius 3 is 2.65 bits per heavy atom. The summed E-state index contributed by atoms with van der Waals surface area (Å²) in [5, 5.41) is 3.54. The predicted octanol–water partition coefficient (Wildman–Crippen LogP) is 4.31. The van der Waals surface area contributed by atoms with E-state index in [-0.39, 0.29) is 6.03 Å². The summed E-state index contributed by atoms with van der Waals surface area (Å²) >= 11 is 6.10. The van der Waals surface area contributed by atoms with Gasteiger partial charge in [-0.3, -0.25) is 0 Å². The summed E-state index contributed by atoms with van der Waals surface area (Å²) in [5.74, 6) is 0. The fraction of sp³-hybridized carbons (Fsp3) is 0.188. The van der Waals surface area contributed by atoms with Crippen LogP contribution in [-0.2, 0) is 6.54 Å².